The van der Waals surface area contributed by atoms with Gasteiger partial charge in [-0.05, 0) is 13.8 Å². The van der Waals surface area contributed by atoms with Crippen LogP contribution in [0, 0.1) is 20.0 Å². The van der Waals surface area contributed by atoms with Gasteiger partial charge in [0.1, 0.15) is 5.78 Å². The number of allylic oxidation sites excluding steroid dienone is 3. The summed E-state index contributed by atoms with van der Waals surface area (Å²) in [5.41, 5.74) is 0.983. The topological polar surface area (TPSA) is 76.8 Å². The van der Waals surface area contributed by atoms with Crippen LogP contribution in [0.5, 0.6) is 0 Å². The number of carbonyl (C=O) groups is 1. The molecular weight excluding hydrogens is 252 g/mol. The number of hydrogen-bond donors (Lipinski definition) is 0. The summed E-state index contributed by atoms with van der Waals surface area (Å²) >= 11 is 0. The third kappa shape index (κ3) is 76.2. The van der Waals surface area contributed by atoms with E-state index in [1.54, 1.807) is 6.92 Å². The van der Waals surface area contributed by atoms with Crippen LogP contribution >= 0.6 is 0 Å². The molecule has 0 amide bonds. The van der Waals surface area contributed by atoms with E-state index in [1.165, 1.54) is 0 Å². The number of Topliss-reactive ketones (excluding diaryl/α,β-unsaturated/α-hetero) is 1. The van der Waals surface area contributed by atoms with Crippen LogP contribution in [0.3, 0.4) is 0 Å². The second kappa shape index (κ2) is 37.1. The van der Waals surface area contributed by atoms with Crippen molar-refractivity contribution >= 4 is 5.78 Å². The van der Waals surface area contributed by atoms with Crippen LogP contribution in [0.25, 0.3) is 0 Å². The molecule has 0 spiro atoms. The van der Waals surface area contributed by atoms with Gasteiger partial charge in [0.15, 0.2) is 0 Å². The molecule has 0 aromatic rings. The molecule has 0 atom stereocenters. The molecule has 0 aromatic carbocycles. The van der Waals surface area contributed by atoms with Crippen LogP contribution in [0.1, 0.15) is 20.3 Å². The first-order valence-corrected chi connectivity index (χ1v) is 3.55. The zero-order valence-corrected chi connectivity index (χ0v) is 10.2. The Morgan fingerprint density at radius 3 is 1.62 bits per heavy atom. The second-order valence-electron chi connectivity index (χ2n) is 2.15. The van der Waals surface area contributed by atoms with E-state index in [1.807, 2.05) is 19.1 Å². The van der Waals surface area contributed by atoms with Gasteiger partial charge in [-0.3, -0.25) is 4.79 Å². The van der Waals surface area contributed by atoms with Crippen molar-refractivity contribution in [2.45, 2.75) is 20.3 Å². The third-order valence-corrected chi connectivity index (χ3v) is 0.808. The molecule has 0 aliphatic carbocycles. The summed E-state index contributed by atoms with van der Waals surface area (Å²) in [5, 5.41) is 0. The molecule has 0 unspecified atom stereocenters. The first-order chi connectivity index (χ1) is 7.13. The number of rotatable bonds is 3. The molecule has 0 N–H and O–H groups in total. The van der Waals surface area contributed by atoms with Crippen molar-refractivity contribution in [2.75, 3.05) is 0 Å². The van der Waals surface area contributed by atoms with E-state index in [0.717, 1.165) is 5.57 Å². The Bertz CT molecular complexity index is 234. The maximum atomic E-state index is 10.3. The Hall–Kier alpha value is -1.11. The van der Waals surface area contributed by atoms with Gasteiger partial charge in [-0.25, -0.2) is 0 Å². The smallest absolute Gasteiger partial charge is 0 e. The van der Waals surface area contributed by atoms with E-state index in [0.29, 0.717) is 6.42 Å². The SMILES string of the molecule is C=C(C)/C=C/CC(C)=O.[C-]#[O+].[C-]#[O+].[C-]#[O+].[Fe]. The average Bonchev–Trinajstić information content (AvgIpc) is 2.25. The Balaban J connectivity index is -0.0000000498. The van der Waals surface area contributed by atoms with Crippen LogP contribution in [0.4, 0.5) is 0 Å². The Morgan fingerprint density at radius 1 is 1.12 bits per heavy atom. The van der Waals surface area contributed by atoms with E-state index >= 15 is 0 Å². The molecule has 0 heterocycles. The molecule has 0 saturated carbocycles. The van der Waals surface area contributed by atoms with Crippen molar-refractivity contribution in [3.8, 4) is 0 Å². The van der Waals surface area contributed by atoms with Gasteiger partial charge >= 0.3 is 33.9 Å². The summed E-state index contributed by atoms with van der Waals surface area (Å²) in [6.45, 7) is 20.6. The molecule has 0 bridgehead atoms. The number of hydrogen-bond acceptors (Lipinski definition) is 1. The Labute approximate surface area is 106 Å². The molecule has 16 heavy (non-hydrogen) atoms. The Kier molecular flexibility index (Phi) is 68.1. The predicted octanol–water partition coefficient (Wildman–Crippen LogP) is 1.98. The van der Waals surface area contributed by atoms with Gasteiger partial charge in [-0.2, -0.15) is 0 Å². The van der Waals surface area contributed by atoms with Crippen molar-refractivity contribution in [3.63, 3.8) is 0 Å². The normalized spacial score (nSPS) is 6.00. The van der Waals surface area contributed by atoms with Gasteiger partial charge in [-0.15, -0.1) is 0 Å². The molecular formula is C11H12FeO4. The van der Waals surface area contributed by atoms with Crippen LogP contribution < -0.4 is 0 Å². The predicted molar refractivity (Wildman–Crippen MR) is 51.0 cm³/mol. The van der Waals surface area contributed by atoms with Gasteiger partial charge < -0.3 is 0 Å². The second-order valence-corrected chi connectivity index (χ2v) is 2.15. The van der Waals surface area contributed by atoms with Crippen LogP contribution in [0.2, 0.25) is 0 Å². The minimum Gasteiger partial charge on any atom is 0 e. The molecule has 0 fully saturated rings. The fraction of sp³-hybridized carbons (Fsp3) is 0.273. The number of carbonyl (C=O) groups excluding carboxylic acids is 1. The van der Waals surface area contributed by atoms with Gasteiger partial charge in [0, 0.05) is 23.5 Å². The molecule has 0 radical (unpaired) electrons. The first kappa shape index (κ1) is 29.4. The summed E-state index contributed by atoms with van der Waals surface area (Å²) in [4.78, 5) is 10.3. The largest absolute Gasteiger partial charge is 0 e. The molecule has 0 saturated heterocycles. The zero-order valence-electron chi connectivity index (χ0n) is 9.06. The summed E-state index contributed by atoms with van der Waals surface area (Å²) in [6.07, 6.45) is 4.19. The van der Waals surface area contributed by atoms with Crippen LogP contribution in [0.15, 0.2) is 24.3 Å². The summed E-state index contributed by atoms with van der Waals surface area (Å²) in [5.74, 6) is 0.188. The molecule has 5 heteroatoms. The molecule has 0 aliphatic rings. The molecule has 88 valence electrons. The van der Waals surface area contributed by atoms with Crippen molar-refractivity contribution in [2.24, 2.45) is 0 Å². The van der Waals surface area contributed by atoms with Crippen LogP contribution in [-0.4, -0.2) is 5.78 Å². The monoisotopic (exact) mass is 264 g/mol. The van der Waals surface area contributed by atoms with E-state index < -0.39 is 0 Å². The summed E-state index contributed by atoms with van der Waals surface area (Å²) in [7, 11) is 0. The fourth-order valence-corrected chi connectivity index (χ4v) is 0.426. The zero-order chi connectivity index (χ0) is 13.3. The first-order valence-electron chi connectivity index (χ1n) is 3.55. The standard InChI is InChI=1S/C8H12O.3CO.Fe/c1-7(2)5-4-6-8(3)9;3*1-2;/h4-5H,1,6H2,2-3H3;;;;/b5-4+;;;;. The van der Waals surface area contributed by atoms with E-state index in [2.05, 4.69) is 26.5 Å². The van der Waals surface area contributed by atoms with E-state index in [9.17, 15) is 4.79 Å². The van der Waals surface area contributed by atoms with E-state index in [4.69, 9.17) is 14.0 Å². The maximum absolute atomic E-state index is 10.3. The van der Waals surface area contributed by atoms with Crippen molar-refractivity contribution < 1.29 is 35.8 Å². The van der Waals surface area contributed by atoms with Crippen molar-refractivity contribution in [3.05, 3.63) is 44.3 Å². The van der Waals surface area contributed by atoms with E-state index in [-0.39, 0.29) is 22.9 Å². The van der Waals surface area contributed by atoms with Crippen LogP contribution in [-0.2, 0) is 35.8 Å². The molecule has 0 aromatic heterocycles. The maximum Gasteiger partial charge on any atom is 0 e. The fourth-order valence-electron chi connectivity index (χ4n) is 0.426. The minimum atomic E-state index is 0. The van der Waals surface area contributed by atoms with Gasteiger partial charge in [0.05, 0.1) is 0 Å². The summed E-state index contributed by atoms with van der Waals surface area (Å²) < 4.78 is 22.5. The molecule has 0 rings (SSSR count). The van der Waals surface area contributed by atoms with Gasteiger partial charge in [-0.1, -0.05) is 24.3 Å². The van der Waals surface area contributed by atoms with Gasteiger partial charge in [0.25, 0.3) is 0 Å². The molecule has 4 nitrogen and oxygen atoms in total. The Morgan fingerprint density at radius 2 is 1.44 bits per heavy atom. The third-order valence-electron chi connectivity index (χ3n) is 0.808. The number of ketones is 1. The van der Waals surface area contributed by atoms with Gasteiger partial charge in [0.2, 0.25) is 0 Å². The average molecular weight is 264 g/mol. The summed E-state index contributed by atoms with van der Waals surface area (Å²) in [6, 6.07) is 0. The van der Waals surface area contributed by atoms with Crippen molar-refractivity contribution in [1.82, 2.24) is 0 Å². The van der Waals surface area contributed by atoms with Crippen molar-refractivity contribution in [1.29, 1.82) is 0 Å². The quantitative estimate of drug-likeness (QED) is 0.332. The minimum absolute atomic E-state index is 0. The molecule has 0 aliphatic heterocycles.